The molecule has 0 radical (unpaired) electrons. The van der Waals surface area contributed by atoms with Gasteiger partial charge in [0.15, 0.2) is 0 Å². The molecule has 5 aliphatic rings. The minimum Gasteiger partial charge on any atom is -0.481 e. The van der Waals surface area contributed by atoms with Gasteiger partial charge in [-0.05, 0) is 95.6 Å². The number of nitrogens with zero attached hydrogens (tertiary/aromatic N) is 4. The third-order valence-corrected chi connectivity index (χ3v) is 15.8. The number of anilines is 1. The van der Waals surface area contributed by atoms with E-state index in [-0.39, 0.29) is 56.6 Å². The van der Waals surface area contributed by atoms with Crippen LogP contribution in [0.15, 0.2) is 11.6 Å². The first kappa shape index (κ1) is 36.7. The molecule has 3 saturated carbocycles. The minimum atomic E-state index is -0.626. The zero-order valence-electron chi connectivity index (χ0n) is 32.3. The Morgan fingerprint density at radius 1 is 1.14 bits per heavy atom. The summed E-state index contributed by atoms with van der Waals surface area (Å²) in [5.41, 5.74) is 6.34. The predicted octanol–water partition coefficient (Wildman–Crippen LogP) is 6.79. The van der Waals surface area contributed by atoms with Crippen molar-refractivity contribution in [1.82, 2.24) is 25.5 Å². The second-order valence-corrected chi connectivity index (χ2v) is 19.3. The highest BCUT2D eigenvalue weighted by atomic mass is 16.5. The summed E-state index contributed by atoms with van der Waals surface area (Å²) in [6.07, 6.45) is 7.98. The fourth-order valence-corrected chi connectivity index (χ4v) is 12.5. The minimum absolute atomic E-state index is 0.0216. The van der Waals surface area contributed by atoms with Gasteiger partial charge in [-0.25, -0.2) is 0 Å². The van der Waals surface area contributed by atoms with Crippen molar-refractivity contribution in [3.05, 3.63) is 11.6 Å². The van der Waals surface area contributed by atoms with Crippen LogP contribution in [0.2, 0.25) is 0 Å². The molecule has 6 rings (SSSR count). The number of rotatable bonds is 9. The number of nitrogens with two attached hydrogens (primary N) is 1. The van der Waals surface area contributed by atoms with Crippen molar-refractivity contribution in [3.8, 4) is 0 Å². The Morgan fingerprint density at radius 2 is 1.86 bits per heavy atom. The Morgan fingerprint density at radius 3 is 2.45 bits per heavy atom. The third kappa shape index (κ3) is 5.34. The molecule has 4 fully saturated rings. The van der Waals surface area contributed by atoms with Gasteiger partial charge in [-0.3, -0.25) is 4.79 Å². The molecule has 1 aromatic rings. The summed E-state index contributed by atoms with van der Waals surface area (Å²) in [6.45, 7) is 27.8. The SMILES string of the molecule is CCN[C@H](CO[C@H]1[C@H](n2nnc(N)n2)C[C@@]23COC[C@]1(C)[C@@H]2CC[C@H]1C3=CC[C@@]2(C)[C@H](C(=O)O)[C@@](C)([C@H](C)C(C)C)CC[C@]12C)C(C)(C)C. The molecule has 10 nitrogen and oxygen atoms in total. The standard InChI is InChI=1S/C39H66N6O4/c1-12-41-29(34(5,6)7)20-49-31-27(45-43-33(40)42-44-45)19-39-22-48-21-36(31,9)28(39)14-13-25-26(39)15-16-38(11)30(32(46)47)35(8,24(4)23(2)3)17-18-37(25,38)10/h15,23-25,27-31,41H,12-14,16-22H2,1-11H3,(H2,40,43)(H,46,47)/t24-,25+,27-,28+,29-,30-,31+,35-,36-,37-,38+,39+/m1/s1. The number of tetrazole rings is 1. The van der Waals surface area contributed by atoms with E-state index < -0.39 is 11.9 Å². The summed E-state index contributed by atoms with van der Waals surface area (Å²) in [7, 11) is 0. The van der Waals surface area contributed by atoms with Gasteiger partial charge >= 0.3 is 5.97 Å². The maximum atomic E-state index is 13.5. The lowest BCUT2D eigenvalue weighted by molar-refractivity contribution is -0.253. The summed E-state index contributed by atoms with van der Waals surface area (Å²) in [6, 6.07) is 0.0185. The lowest BCUT2D eigenvalue weighted by atomic mass is 9.34. The summed E-state index contributed by atoms with van der Waals surface area (Å²) in [5.74, 6) is 0.525. The van der Waals surface area contributed by atoms with Gasteiger partial charge in [-0.2, -0.15) is 4.80 Å². The Hall–Kier alpha value is -2.04. The zero-order valence-corrected chi connectivity index (χ0v) is 32.3. The van der Waals surface area contributed by atoms with E-state index in [0.29, 0.717) is 43.5 Å². The van der Waals surface area contributed by atoms with E-state index in [9.17, 15) is 9.90 Å². The van der Waals surface area contributed by atoms with Gasteiger partial charge in [-0.1, -0.05) is 92.9 Å². The molecule has 4 aliphatic carbocycles. The van der Waals surface area contributed by atoms with Gasteiger partial charge in [0.25, 0.3) is 5.95 Å². The summed E-state index contributed by atoms with van der Waals surface area (Å²) < 4.78 is 13.8. The topological polar surface area (TPSA) is 137 Å². The molecule has 0 spiro atoms. The summed E-state index contributed by atoms with van der Waals surface area (Å²) >= 11 is 0. The number of allylic oxidation sites excluding steroid dienone is 1. The monoisotopic (exact) mass is 683 g/mol. The molecule has 4 N–H and O–H groups in total. The molecule has 0 unspecified atom stereocenters. The number of ether oxygens (including phenoxy) is 2. The number of hydrogen-bond acceptors (Lipinski definition) is 8. The van der Waals surface area contributed by atoms with Crippen LogP contribution in [0, 0.1) is 62.1 Å². The first-order valence-corrected chi connectivity index (χ1v) is 19.2. The van der Waals surface area contributed by atoms with E-state index in [4.69, 9.17) is 15.2 Å². The quantitative estimate of drug-likeness (QED) is 0.240. The van der Waals surface area contributed by atoms with Crippen LogP contribution < -0.4 is 11.1 Å². The number of carboxylic acids is 1. The lowest BCUT2D eigenvalue weighted by Crippen LogP contribution is -2.69. The molecule has 0 amide bonds. The number of nitrogen functional groups attached to an aromatic ring is 1. The molecule has 0 aromatic carbocycles. The molecule has 1 aliphatic heterocycles. The van der Waals surface area contributed by atoms with Crippen LogP contribution in [0.4, 0.5) is 5.95 Å². The van der Waals surface area contributed by atoms with Gasteiger partial charge in [0.05, 0.1) is 31.8 Å². The maximum absolute atomic E-state index is 13.5. The number of likely N-dealkylation sites (N-methyl/N-ethyl adjacent to an activating group) is 1. The third-order valence-electron chi connectivity index (χ3n) is 15.8. The highest BCUT2D eigenvalue weighted by molar-refractivity contribution is 5.73. The molecule has 2 bridgehead atoms. The fourth-order valence-electron chi connectivity index (χ4n) is 12.5. The molecule has 1 aromatic heterocycles. The highest BCUT2D eigenvalue weighted by Gasteiger charge is 2.72. The fraction of sp³-hybridized carbons (Fsp3) is 0.897. The number of fused-ring (bicyclic) bond motifs is 3. The predicted molar refractivity (Wildman–Crippen MR) is 191 cm³/mol. The van der Waals surface area contributed by atoms with E-state index >= 15 is 0 Å². The molecule has 49 heavy (non-hydrogen) atoms. The first-order chi connectivity index (χ1) is 22.8. The van der Waals surface area contributed by atoms with Gasteiger partial charge in [-0.15, -0.1) is 5.10 Å². The van der Waals surface area contributed by atoms with E-state index in [2.05, 4.69) is 103 Å². The van der Waals surface area contributed by atoms with Crippen molar-refractivity contribution < 1.29 is 19.4 Å². The molecule has 2 heterocycles. The largest absolute Gasteiger partial charge is 0.481 e. The molecule has 12 atom stereocenters. The molecule has 276 valence electrons. The van der Waals surface area contributed by atoms with Gasteiger partial charge in [0.1, 0.15) is 6.04 Å². The number of carboxylic acid groups (broad SMARTS) is 1. The Balaban J connectivity index is 1.43. The second-order valence-electron chi connectivity index (χ2n) is 19.3. The van der Waals surface area contributed by atoms with Crippen LogP contribution in [-0.2, 0) is 14.3 Å². The summed E-state index contributed by atoms with van der Waals surface area (Å²) in [5, 5.41) is 27.9. The molecular formula is C39H66N6O4. The van der Waals surface area contributed by atoms with Crippen molar-refractivity contribution >= 4 is 11.9 Å². The summed E-state index contributed by atoms with van der Waals surface area (Å²) in [4.78, 5) is 15.2. The van der Waals surface area contributed by atoms with Crippen LogP contribution in [0.1, 0.15) is 121 Å². The van der Waals surface area contributed by atoms with Crippen molar-refractivity contribution in [2.24, 2.45) is 62.1 Å². The lowest BCUT2D eigenvalue weighted by Gasteiger charge is -2.71. The van der Waals surface area contributed by atoms with Crippen LogP contribution in [0.25, 0.3) is 0 Å². The number of nitrogens with one attached hydrogen (secondary N) is 1. The zero-order chi connectivity index (χ0) is 35.9. The number of carbonyl (C=O) groups is 1. The molecular weight excluding hydrogens is 616 g/mol. The molecule has 1 saturated heterocycles. The Bertz CT molecular complexity index is 1440. The number of aliphatic carboxylic acids is 1. The number of hydrogen-bond donors (Lipinski definition) is 3. The highest BCUT2D eigenvalue weighted by Crippen LogP contribution is 2.75. The second kappa shape index (κ2) is 12.3. The normalized spacial score (nSPS) is 43.2. The van der Waals surface area contributed by atoms with Gasteiger partial charge in [0, 0.05) is 16.9 Å². The first-order valence-electron chi connectivity index (χ1n) is 19.2. The van der Waals surface area contributed by atoms with E-state index in [1.807, 2.05) is 0 Å². The molecule has 10 heteroatoms. The van der Waals surface area contributed by atoms with Crippen molar-refractivity contribution in [1.29, 1.82) is 0 Å². The van der Waals surface area contributed by atoms with Crippen LogP contribution in [0.5, 0.6) is 0 Å². The van der Waals surface area contributed by atoms with Crippen LogP contribution in [0.3, 0.4) is 0 Å². The van der Waals surface area contributed by atoms with Crippen LogP contribution in [-0.4, -0.2) is 69.8 Å². The maximum Gasteiger partial charge on any atom is 0.307 e. The van der Waals surface area contributed by atoms with E-state index in [0.717, 1.165) is 45.1 Å². The van der Waals surface area contributed by atoms with Crippen molar-refractivity contribution in [2.45, 2.75) is 133 Å². The smallest absolute Gasteiger partial charge is 0.307 e. The number of aromatic nitrogens is 4. The van der Waals surface area contributed by atoms with Crippen molar-refractivity contribution in [2.75, 3.05) is 32.1 Å². The van der Waals surface area contributed by atoms with Gasteiger partial charge < -0.3 is 25.6 Å². The van der Waals surface area contributed by atoms with Crippen LogP contribution >= 0.6 is 0 Å². The average molecular weight is 683 g/mol. The Kier molecular flexibility index (Phi) is 9.21. The van der Waals surface area contributed by atoms with Crippen molar-refractivity contribution in [3.63, 3.8) is 0 Å². The Labute approximate surface area is 295 Å². The van der Waals surface area contributed by atoms with E-state index in [1.54, 1.807) is 4.80 Å². The van der Waals surface area contributed by atoms with Gasteiger partial charge in [0.2, 0.25) is 0 Å². The average Bonchev–Trinajstić information content (AvgIpc) is 3.45. The van der Waals surface area contributed by atoms with E-state index in [1.165, 1.54) is 5.57 Å².